The lowest BCUT2D eigenvalue weighted by Gasteiger charge is -2.05. The minimum atomic E-state index is -0.431. The van der Waals surface area contributed by atoms with Crippen molar-refractivity contribution in [1.29, 1.82) is 0 Å². The van der Waals surface area contributed by atoms with E-state index in [-0.39, 0.29) is 10.8 Å². The van der Waals surface area contributed by atoms with Crippen molar-refractivity contribution < 1.29 is 4.42 Å². The zero-order valence-corrected chi connectivity index (χ0v) is 12.2. The van der Waals surface area contributed by atoms with Crippen LogP contribution in [0.2, 0.25) is 0 Å². The van der Waals surface area contributed by atoms with Crippen LogP contribution in [0.25, 0.3) is 32.8 Å². The number of aromatic amines is 1. The Bertz CT molecular complexity index is 1140. The number of aromatic nitrogens is 1. The number of nitrogens with one attached hydrogen (secondary N) is 1. The highest BCUT2D eigenvalue weighted by atomic mass is 79.9. The molecule has 5 heteroatoms. The first-order valence-corrected chi connectivity index (χ1v) is 7.11. The fraction of sp³-hybridized carbons (Fsp3) is 0. The quantitative estimate of drug-likeness (QED) is 0.393. The molecule has 0 saturated carbocycles. The van der Waals surface area contributed by atoms with E-state index in [1.807, 2.05) is 12.1 Å². The standard InChI is InChI=1S/C16H8BrNO3/c17-8-5-6-11-10(7-8)15-13(16(20)18-11)14(19)9-3-1-2-4-12(9)21-15/h1-7H,(H,18,20). The topological polar surface area (TPSA) is 63.1 Å². The molecule has 0 saturated heterocycles. The Morgan fingerprint density at radius 2 is 1.81 bits per heavy atom. The van der Waals surface area contributed by atoms with Gasteiger partial charge >= 0.3 is 0 Å². The first-order chi connectivity index (χ1) is 10.1. The van der Waals surface area contributed by atoms with Crippen LogP contribution in [-0.4, -0.2) is 4.98 Å². The molecule has 0 aliphatic carbocycles. The van der Waals surface area contributed by atoms with Gasteiger partial charge < -0.3 is 9.40 Å². The summed E-state index contributed by atoms with van der Waals surface area (Å²) in [5, 5.41) is 1.16. The third-order valence-corrected chi connectivity index (χ3v) is 3.99. The molecule has 0 atom stereocenters. The predicted octanol–water partition coefficient (Wildman–Crippen LogP) is 3.55. The number of pyridine rings is 1. The molecular formula is C16H8BrNO3. The summed E-state index contributed by atoms with van der Waals surface area (Å²) in [6.45, 7) is 0. The summed E-state index contributed by atoms with van der Waals surface area (Å²) in [7, 11) is 0. The minimum absolute atomic E-state index is 0.0549. The van der Waals surface area contributed by atoms with E-state index in [4.69, 9.17) is 4.42 Å². The van der Waals surface area contributed by atoms with Gasteiger partial charge in [0.25, 0.3) is 5.56 Å². The summed E-state index contributed by atoms with van der Waals surface area (Å²) in [5.41, 5.74) is 0.684. The monoisotopic (exact) mass is 341 g/mol. The van der Waals surface area contributed by atoms with E-state index < -0.39 is 5.56 Å². The van der Waals surface area contributed by atoms with Crippen molar-refractivity contribution in [2.75, 3.05) is 0 Å². The van der Waals surface area contributed by atoms with Crippen LogP contribution in [0.3, 0.4) is 0 Å². The van der Waals surface area contributed by atoms with Gasteiger partial charge in [0, 0.05) is 9.86 Å². The van der Waals surface area contributed by atoms with Crippen LogP contribution in [0.5, 0.6) is 0 Å². The van der Waals surface area contributed by atoms with Gasteiger partial charge in [0.1, 0.15) is 11.0 Å². The van der Waals surface area contributed by atoms with Crippen LogP contribution >= 0.6 is 15.9 Å². The first kappa shape index (κ1) is 12.3. The normalized spacial score (nSPS) is 11.5. The fourth-order valence-corrected chi connectivity index (χ4v) is 2.90. The molecular weight excluding hydrogens is 334 g/mol. The SMILES string of the molecule is O=c1[nH]c2ccc(Br)cc2c2oc3ccccc3c(=O)c12. The minimum Gasteiger partial charge on any atom is -0.455 e. The zero-order valence-electron chi connectivity index (χ0n) is 10.6. The number of hydrogen-bond acceptors (Lipinski definition) is 3. The predicted molar refractivity (Wildman–Crippen MR) is 85.8 cm³/mol. The number of hydrogen-bond donors (Lipinski definition) is 1. The molecule has 0 aliphatic rings. The molecule has 2 heterocycles. The Morgan fingerprint density at radius 3 is 2.67 bits per heavy atom. The lowest BCUT2D eigenvalue weighted by Crippen LogP contribution is -2.16. The molecule has 4 rings (SSSR count). The lowest BCUT2D eigenvalue weighted by atomic mass is 10.1. The molecule has 1 N–H and O–H groups in total. The molecule has 21 heavy (non-hydrogen) atoms. The van der Waals surface area contributed by atoms with Gasteiger partial charge in [-0.05, 0) is 30.3 Å². The van der Waals surface area contributed by atoms with E-state index >= 15 is 0 Å². The molecule has 0 unspecified atom stereocenters. The van der Waals surface area contributed by atoms with Gasteiger partial charge in [0.15, 0.2) is 5.58 Å². The Kier molecular flexibility index (Phi) is 2.53. The average Bonchev–Trinajstić information content (AvgIpc) is 2.48. The summed E-state index contributed by atoms with van der Waals surface area (Å²) in [6, 6.07) is 12.3. The molecule has 0 bridgehead atoms. The second kappa shape index (κ2) is 4.30. The van der Waals surface area contributed by atoms with E-state index in [1.165, 1.54) is 0 Å². The van der Waals surface area contributed by atoms with Gasteiger partial charge in [0.2, 0.25) is 5.43 Å². The van der Waals surface area contributed by atoms with Crippen LogP contribution in [0.15, 0.2) is 60.9 Å². The Hall–Kier alpha value is -2.40. The van der Waals surface area contributed by atoms with Crippen molar-refractivity contribution in [3.8, 4) is 0 Å². The van der Waals surface area contributed by atoms with Crippen LogP contribution in [0, 0.1) is 0 Å². The summed E-state index contributed by atoms with van der Waals surface area (Å²) in [6.07, 6.45) is 0. The second-order valence-corrected chi connectivity index (χ2v) is 5.69. The smallest absolute Gasteiger partial charge is 0.263 e. The van der Waals surface area contributed by atoms with E-state index in [0.717, 1.165) is 4.47 Å². The van der Waals surface area contributed by atoms with Crippen LogP contribution in [0.1, 0.15) is 0 Å². The lowest BCUT2D eigenvalue weighted by molar-refractivity contribution is 0.663. The van der Waals surface area contributed by atoms with Crippen molar-refractivity contribution in [2.45, 2.75) is 0 Å². The fourth-order valence-electron chi connectivity index (χ4n) is 2.54. The number of para-hydroxylation sites is 1. The summed E-state index contributed by atoms with van der Waals surface area (Å²) in [5.74, 6) is 0. The Labute approximate surface area is 126 Å². The Balaban J connectivity index is 2.41. The number of fused-ring (bicyclic) bond motifs is 4. The number of benzene rings is 2. The third-order valence-electron chi connectivity index (χ3n) is 3.50. The molecule has 0 fully saturated rings. The highest BCUT2D eigenvalue weighted by Gasteiger charge is 2.14. The summed E-state index contributed by atoms with van der Waals surface area (Å²) < 4.78 is 6.68. The van der Waals surface area contributed by atoms with Crippen LogP contribution < -0.4 is 11.0 Å². The molecule has 0 radical (unpaired) electrons. The van der Waals surface area contributed by atoms with Gasteiger partial charge in [-0.25, -0.2) is 0 Å². The van der Waals surface area contributed by atoms with Crippen molar-refractivity contribution in [2.24, 2.45) is 0 Å². The van der Waals surface area contributed by atoms with Crippen molar-refractivity contribution in [3.05, 3.63) is 67.5 Å². The molecule has 2 aromatic carbocycles. The van der Waals surface area contributed by atoms with Crippen molar-refractivity contribution in [3.63, 3.8) is 0 Å². The summed E-state index contributed by atoms with van der Waals surface area (Å²) in [4.78, 5) is 27.5. The van der Waals surface area contributed by atoms with Gasteiger partial charge in [0.05, 0.1) is 10.9 Å². The highest BCUT2D eigenvalue weighted by molar-refractivity contribution is 9.10. The molecule has 0 spiro atoms. The van der Waals surface area contributed by atoms with Gasteiger partial charge in [-0.1, -0.05) is 28.1 Å². The van der Waals surface area contributed by atoms with Crippen molar-refractivity contribution >= 4 is 48.8 Å². The maximum atomic E-state index is 12.5. The molecule has 102 valence electrons. The van der Waals surface area contributed by atoms with E-state index in [2.05, 4.69) is 20.9 Å². The summed E-state index contributed by atoms with van der Waals surface area (Å²) >= 11 is 3.39. The first-order valence-electron chi connectivity index (χ1n) is 6.32. The van der Waals surface area contributed by atoms with E-state index in [0.29, 0.717) is 27.5 Å². The number of H-pyrrole nitrogens is 1. The van der Waals surface area contributed by atoms with Gasteiger partial charge in [-0.15, -0.1) is 0 Å². The molecule has 4 nitrogen and oxygen atoms in total. The Morgan fingerprint density at radius 1 is 1.00 bits per heavy atom. The molecule has 4 aromatic rings. The van der Waals surface area contributed by atoms with Crippen molar-refractivity contribution in [1.82, 2.24) is 4.98 Å². The average molecular weight is 342 g/mol. The van der Waals surface area contributed by atoms with Gasteiger partial charge in [-0.3, -0.25) is 9.59 Å². The number of halogens is 1. The largest absolute Gasteiger partial charge is 0.455 e. The highest BCUT2D eigenvalue weighted by Crippen LogP contribution is 2.25. The number of rotatable bonds is 0. The molecule has 2 aromatic heterocycles. The third kappa shape index (κ3) is 1.74. The van der Waals surface area contributed by atoms with E-state index in [1.54, 1.807) is 30.3 Å². The van der Waals surface area contributed by atoms with Crippen LogP contribution in [0.4, 0.5) is 0 Å². The molecule has 0 amide bonds. The van der Waals surface area contributed by atoms with Gasteiger partial charge in [-0.2, -0.15) is 0 Å². The maximum absolute atomic E-state index is 12.5. The van der Waals surface area contributed by atoms with E-state index in [9.17, 15) is 9.59 Å². The zero-order chi connectivity index (χ0) is 14.6. The van der Waals surface area contributed by atoms with Crippen LogP contribution in [-0.2, 0) is 0 Å². The maximum Gasteiger partial charge on any atom is 0.263 e. The molecule has 0 aliphatic heterocycles. The second-order valence-electron chi connectivity index (χ2n) is 4.78.